The van der Waals surface area contributed by atoms with Gasteiger partial charge in [-0.3, -0.25) is 0 Å². The molecule has 4 rings (SSSR count). The molecule has 1 atom stereocenters. The topological polar surface area (TPSA) is 0 Å². The van der Waals surface area contributed by atoms with Crippen molar-refractivity contribution >= 4 is 17.2 Å². The normalized spacial score (nSPS) is 31.9. The van der Waals surface area contributed by atoms with Gasteiger partial charge < -0.3 is 0 Å². The molecule has 0 aliphatic heterocycles. The van der Waals surface area contributed by atoms with E-state index in [-0.39, 0.29) is 10.7 Å². The van der Waals surface area contributed by atoms with Crippen molar-refractivity contribution in [1.82, 2.24) is 0 Å². The van der Waals surface area contributed by atoms with E-state index in [4.69, 9.17) is 11.6 Å². The highest BCUT2D eigenvalue weighted by Crippen LogP contribution is 2.46. The van der Waals surface area contributed by atoms with Gasteiger partial charge in [0.25, 0.3) is 0 Å². The lowest BCUT2D eigenvalue weighted by Gasteiger charge is -2.39. The molecule has 0 saturated heterocycles. The van der Waals surface area contributed by atoms with Crippen molar-refractivity contribution in [2.24, 2.45) is 23.7 Å². The van der Waals surface area contributed by atoms with E-state index < -0.39 is 0 Å². The van der Waals surface area contributed by atoms with Crippen LogP contribution in [0.4, 0.5) is 4.39 Å². The van der Waals surface area contributed by atoms with Gasteiger partial charge in [-0.2, -0.15) is 0 Å². The highest BCUT2D eigenvalue weighted by molar-refractivity contribution is 6.26. The summed E-state index contributed by atoms with van der Waals surface area (Å²) in [5.74, 6) is 3.32. The summed E-state index contributed by atoms with van der Waals surface area (Å²) in [6, 6.07) is 7.04. The molecule has 0 heterocycles. The third kappa shape index (κ3) is 6.99. The minimum Gasteiger partial charge on any atom is -0.206 e. The summed E-state index contributed by atoms with van der Waals surface area (Å²) >= 11 is 7.14. The number of unbranched alkanes of at least 4 members (excludes halogenated alkanes) is 3. The zero-order valence-electron chi connectivity index (χ0n) is 21.4. The Bertz CT molecular complexity index is 810. The first-order valence-corrected chi connectivity index (χ1v) is 14.8. The Balaban J connectivity index is 1.15. The molecule has 0 N–H and O–H groups in total. The van der Waals surface area contributed by atoms with Crippen LogP contribution >= 0.6 is 11.6 Å². The maximum atomic E-state index is 14.2. The highest BCUT2D eigenvalue weighted by Gasteiger charge is 2.37. The molecular weight excluding hydrogens is 439 g/mol. The Labute approximate surface area is 213 Å². The van der Waals surface area contributed by atoms with E-state index in [1.807, 2.05) is 12.1 Å². The van der Waals surface area contributed by atoms with Crippen molar-refractivity contribution in [2.45, 2.75) is 115 Å². The zero-order chi connectivity index (χ0) is 23.8. The van der Waals surface area contributed by atoms with Gasteiger partial charge in [-0.05, 0) is 54.6 Å². The van der Waals surface area contributed by atoms with Gasteiger partial charge in [0.2, 0.25) is 0 Å². The van der Waals surface area contributed by atoms with E-state index in [0.29, 0.717) is 11.5 Å². The monoisotopic (exact) mass is 484 g/mol. The summed E-state index contributed by atoms with van der Waals surface area (Å²) < 4.78 is 14.2. The predicted molar refractivity (Wildman–Crippen MR) is 146 cm³/mol. The molecule has 0 radical (unpaired) electrons. The van der Waals surface area contributed by atoms with E-state index in [1.54, 1.807) is 6.07 Å². The van der Waals surface area contributed by atoms with Crippen LogP contribution < -0.4 is 0 Å². The maximum Gasteiger partial charge on any atom is 0.131 e. The van der Waals surface area contributed by atoms with Crippen LogP contribution in [-0.2, 0) is 0 Å². The molecule has 1 aromatic carbocycles. The number of hydrogen-bond donors (Lipinski definition) is 0. The molecule has 0 aromatic heterocycles. The first-order chi connectivity index (χ1) is 16.6. The van der Waals surface area contributed by atoms with Gasteiger partial charge in [0.05, 0.1) is 4.87 Å². The summed E-state index contributed by atoms with van der Waals surface area (Å²) in [4.78, 5) is -0.283. The Kier molecular flexibility index (Phi) is 9.75. The Morgan fingerprint density at radius 1 is 0.824 bits per heavy atom. The van der Waals surface area contributed by atoms with Gasteiger partial charge in [0, 0.05) is 5.56 Å². The van der Waals surface area contributed by atoms with Crippen LogP contribution in [0.15, 0.2) is 42.5 Å². The van der Waals surface area contributed by atoms with E-state index in [9.17, 15) is 4.39 Å². The molecule has 3 aliphatic rings. The van der Waals surface area contributed by atoms with E-state index in [2.05, 4.69) is 25.2 Å². The van der Waals surface area contributed by atoms with Crippen LogP contribution in [0.25, 0.3) is 5.57 Å². The number of allylic oxidation sites excluding steroid dienone is 4. The Morgan fingerprint density at radius 3 is 2.03 bits per heavy atom. The molecule has 0 nitrogen and oxygen atoms in total. The lowest BCUT2D eigenvalue weighted by molar-refractivity contribution is 0.201. The molecular formula is C32H46ClF. The summed E-state index contributed by atoms with van der Waals surface area (Å²) in [5, 5.41) is 0. The summed E-state index contributed by atoms with van der Waals surface area (Å²) in [6.07, 6.45) is 28.4. The van der Waals surface area contributed by atoms with Crippen molar-refractivity contribution in [3.63, 3.8) is 0 Å². The van der Waals surface area contributed by atoms with Gasteiger partial charge in [-0.15, -0.1) is 11.6 Å². The van der Waals surface area contributed by atoms with Crippen molar-refractivity contribution in [2.75, 3.05) is 0 Å². The van der Waals surface area contributed by atoms with E-state index >= 15 is 0 Å². The van der Waals surface area contributed by atoms with Crippen LogP contribution in [-0.4, -0.2) is 4.87 Å². The molecule has 0 bridgehead atoms. The average molecular weight is 485 g/mol. The van der Waals surface area contributed by atoms with Crippen molar-refractivity contribution in [3.05, 3.63) is 53.9 Å². The molecule has 2 fully saturated rings. The fourth-order valence-corrected chi connectivity index (χ4v) is 7.26. The van der Waals surface area contributed by atoms with Crippen LogP contribution in [0, 0.1) is 29.5 Å². The quantitative estimate of drug-likeness (QED) is 0.229. The molecule has 0 spiro atoms. The highest BCUT2D eigenvalue weighted by atomic mass is 35.5. The first-order valence-electron chi connectivity index (χ1n) is 14.4. The van der Waals surface area contributed by atoms with Crippen LogP contribution in [0.1, 0.15) is 115 Å². The third-order valence-corrected chi connectivity index (χ3v) is 9.89. The van der Waals surface area contributed by atoms with Crippen molar-refractivity contribution in [3.8, 4) is 0 Å². The third-order valence-electron chi connectivity index (χ3n) is 9.30. The molecule has 188 valence electrons. The minimum atomic E-state index is -0.283. The minimum absolute atomic E-state index is 0.151. The van der Waals surface area contributed by atoms with Crippen LogP contribution in [0.5, 0.6) is 0 Å². The van der Waals surface area contributed by atoms with Crippen LogP contribution in [0.3, 0.4) is 0 Å². The van der Waals surface area contributed by atoms with Gasteiger partial charge in [-0.25, -0.2) is 4.39 Å². The SMILES string of the molecule is CCCCCC[C@H]1CC[C@H](CC[C@H]2CC[C@H](C3(Cl)C=CC(c4ccccc4F)=CC3)CC2)CC1. The lowest BCUT2D eigenvalue weighted by Crippen LogP contribution is -2.34. The fraction of sp³-hybridized carbons (Fsp3) is 0.688. The second kappa shape index (κ2) is 12.8. The lowest BCUT2D eigenvalue weighted by atomic mass is 9.70. The van der Waals surface area contributed by atoms with Crippen LogP contribution in [0.2, 0.25) is 0 Å². The number of hydrogen-bond acceptors (Lipinski definition) is 0. The maximum absolute atomic E-state index is 14.2. The van der Waals surface area contributed by atoms with Crippen molar-refractivity contribution < 1.29 is 4.39 Å². The standard InChI is InChI=1S/C32H46ClF/c1-2-3-4-5-8-25-11-13-26(14-12-25)15-16-27-17-19-29(20-18-27)32(33)23-21-28(22-24-32)30-9-6-7-10-31(30)34/h6-7,9-10,21-23,25-27,29H,2-5,8,11-20,24H2,1H3/t25-,26-,27-,29-,32?. The summed E-state index contributed by atoms with van der Waals surface area (Å²) in [5.41, 5.74) is 1.66. The molecule has 34 heavy (non-hydrogen) atoms. The van der Waals surface area contributed by atoms with E-state index in [0.717, 1.165) is 29.7 Å². The van der Waals surface area contributed by atoms with Gasteiger partial charge >= 0.3 is 0 Å². The largest absolute Gasteiger partial charge is 0.206 e. The first kappa shape index (κ1) is 26.0. The molecule has 2 heteroatoms. The summed E-state index contributed by atoms with van der Waals surface area (Å²) in [7, 11) is 0. The molecule has 1 unspecified atom stereocenters. The van der Waals surface area contributed by atoms with Gasteiger partial charge in [-0.1, -0.05) is 127 Å². The number of halogens is 2. The Morgan fingerprint density at radius 2 is 1.44 bits per heavy atom. The zero-order valence-corrected chi connectivity index (χ0v) is 22.2. The molecule has 3 aliphatic carbocycles. The average Bonchev–Trinajstić information content (AvgIpc) is 2.87. The second-order valence-corrected chi connectivity index (χ2v) is 12.3. The number of rotatable bonds is 10. The molecule has 0 amide bonds. The van der Waals surface area contributed by atoms with Gasteiger partial charge in [0.15, 0.2) is 0 Å². The van der Waals surface area contributed by atoms with Gasteiger partial charge in [0.1, 0.15) is 5.82 Å². The van der Waals surface area contributed by atoms with E-state index in [1.165, 1.54) is 102 Å². The smallest absolute Gasteiger partial charge is 0.131 e. The molecule has 2 saturated carbocycles. The predicted octanol–water partition coefficient (Wildman–Crippen LogP) is 10.5. The number of alkyl halides is 1. The number of benzene rings is 1. The van der Waals surface area contributed by atoms with Crippen molar-refractivity contribution in [1.29, 1.82) is 0 Å². The fourth-order valence-electron chi connectivity index (χ4n) is 6.90. The molecule has 1 aromatic rings. The summed E-state index contributed by atoms with van der Waals surface area (Å²) in [6.45, 7) is 2.31. The second-order valence-electron chi connectivity index (χ2n) is 11.6. The Hall–Kier alpha value is -1.08.